The predicted octanol–water partition coefficient (Wildman–Crippen LogP) is 2.02. The highest BCUT2D eigenvalue weighted by Gasteiger charge is 2.26. The molecule has 1 N–H and O–H groups in total. The van der Waals surface area contributed by atoms with Gasteiger partial charge in [0.15, 0.2) is 6.54 Å². The summed E-state index contributed by atoms with van der Waals surface area (Å²) in [5.74, 6) is 0.695. The van der Waals surface area contributed by atoms with Gasteiger partial charge in [-0.1, -0.05) is 18.2 Å². The van der Waals surface area contributed by atoms with Crippen LogP contribution >= 0.6 is 0 Å². The lowest BCUT2D eigenvalue weighted by molar-refractivity contribution is -0.366. The van der Waals surface area contributed by atoms with Crippen LogP contribution in [0.2, 0.25) is 0 Å². The third kappa shape index (κ3) is 4.81. The third-order valence-corrected chi connectivity index (χ3v) is 6.49. The molecule has 0 aliphatic carbocycles. The number of rotatable bonds is 9. The fraction of sp³-hybridized carbons (Fsp3) is 0.400. The molecule has 0 bridgehead atoms. The van der Waals surface area contributed by atoms with Crippen molar-refractivity contribution in [2.45, 2.75) is 25.7 Å². The number of anilines is 2. The Morgan fingerprint density at radius 2 is 1.61 bits per heavy atom. The zero-order chi connectivity index (χ0) is 20.7. The molecular formula is C20H29N4O3S+. The van der Waals surface area contributed by atoms with E-state index in [0.29, 0.717) is 31.1 Å². The van der Waals surface area contributed by atoms with Gasteiger partial charge in [-0.15, -0.1) is 0 Å². The molecule has 28 heavy (non-hydrogen) atoms. The third-order valence-electron chi connectivity index (χ3n) is 4.59. The standard InChI is InChI=1S/C20H28N4O3S/c1-5-23(6-2)20(25)16-22(4)19-14-13-18(15-21-19)28(26,27)24(7-3)17-11-9-8-10-12-17/h8-15H,5-7,16H2,1-4H3/p+1. The number of hydrogen-bond acceptors (Lipinski definition) is 4. The first kappa shape index (κ1) is 21.7. The number of H-pyrrole nitrogens is 1. The summed E-state index contributed by atoms with van der Waals surface area (Å²) in [5.41, 5.74) is 0.621. The molecule has 8 heteroatoms. The molecule has 0 spiro atoms. The fourth-order valence-electron chi connectivity index (χ4n) is 2.98. The quantitative estimate of drug-likeness (QED) is 0.640. The van der Waals surface area contributed by atoms with Crippen molar-refractivity contribution >= 4 is 27.4 Å². The van der Waals surface area contributed by atoms with Gasteiger partial charge in [-0.05, 0) is 39.0 Å². The van der Waals surface area contributed by atoms with Crippen molar-refractivity contribution in [1.82, 2.24) is 4.90 Å². The van der Waals surface area contributed by atoms with E-state index in [-0.39, 0.29) is 17.3 Å². The molecule has 0 radical (unpaired) electrons. The van der Waals surface area contributed by atoms with Crippen LogP contribution in [0.4, 0.5) is 11.5 Å². The number of likely N-dealkylation sites (N-methyl/N-ethyl adjacent to an activating group) is 2. The van der Waals surface area contributed by atoms with E-state index < -0.39 is 10.0 Å². The van der Waals surface area contributed by atoms with Crippen molar-refractivity contribution in [2.24, 2.45) is 0 Å². The summed E-state index contributed by atoms with van der Waals surface area (Å²) in [4.78, 5) is 19.0. The first-order valence-corrected chi connectivity index (χ1v) is 10.9. The molecule has 1 amide bonds. The predicted molar refractivity (Wildman–Crippen MR) is 111 cm³/mol. The van der Waals surface area contributed by atoms with Crippen LogP contribution in [0.1, 0.15) is 20.8 Å². The van der Waals surface area contributed by atoms with E-state index in [1.165, 1.54) is 10.5 Å². The minimum Gasteiger partial charge on any atom is -0.340 e. The number of benzene rings is 1. The zero-order valence-corrected chi connectivity index (χ0v) is 17.7. The largest absolute Gasteiger partial charge is 0.340 e. The Hall–Kier alpha value is -2.61. The van der Waals surface area contributed by atoms with Gasteiger partial charge in [-0.25, -0.2) is 13.4 Å². The summed E-state index contributed by atoms with van der Waals surface area (Å²) >= 11 is 0. The average molecular weight is 406 g/mol. The molecule has 0 atom stereocenters. The van der Waals surface area contributed by atoms with Crippen molar-refractivity contribution in [1.29, 1.82) is 0 Å². The highest BCUT2D eigenvalue weighted by molar-refractivity contribution is 7.92. The van der Waals surface area contributed by atoms with E-state index in [2.05, 4.69) is 4.98 Å². The van der Waals surface area contributed by atoms with Gasteiger partial charge in [0.25, 0.3) is 21.7 Å². The Kier molecular flexibility index (Phi) is 7.39. The second-order valence-electron chi connectivity index (χ2n) is 6.34. The van der Waals surface area contributed by atoms with Crippen molar-refractivity contribution < 1.29 is 18.2 Å². The van der Waals surface area contributed by atoms with E-state index >= 15 is 0 Å². The van der Waals surface area contributed by atoms with E-state index in [4.69, 9.17) is 0 Å². The van der Waals surface area contributed by atoms with Gasteiger partial charge in [-0.2, -0.15) is 0 Å². The van der Waals surface area contributed by atoms with Gasteiger partial charge in [0, 0.05) is 25.7 Å². The molecule has 0 aliphatic heterocycles. The van der Waals surface area contributed by atoms with E-state index in [1.807, 2.05) is 32.0 Å². The monoisotopic (exact) mass is 405 g/mol. The number of aromatic nitrogens is 1. The lowest BCUT2D eigenvalue weighted by Crippen LogP contribution is -2.40. The Balaban J connectivity index is 2.20. The molecule has 0 aliphatic rings. The second kappa shape index (κ2) is 9.54. The topological polar surface area (TPSA) is 75.1 Å². The highest BCUT2D eigenvalue weighted by Crippen LogP contribution is 2.22. The van der Waals surface area contributed by atoms with Crippen LogP contribution in [-0.4, -0.2) is 52.5 Å². The number of para-hydroxylation sites is 1. The van der Waals surface area contributed by atoms with Crippen LogP contribution in [0.15, 0.2) is 53.6 Å². The average Bonchev–Trinajstić information content (AvgIpc) is 2.70. The Morgan fingerprint density at radius 3 is 2.11 bits per heavy atom. The molecule has 2 aromatic rings. The molecule has 0 unspecified atom stereocenters. The van der Waals surface area contributed by atoms with Crippen LogP contribution in [0.25, 0.3) is 0 Å². The molecule has 1 aromatic heterocycles. The number of carbonyl (C=O) groups is 1. The van der Waals surface area contributed by atoms with Gasteiger partial charge in [0.1, 0.15) is 11.1 Å². The first-order chi connectivity index (χ1) is 13.3. The SMILES string of the molecule is CCN(CC)C(=O)CN(C)c1ccc(S(=O)(=O)N(CC)c2ccccc2)c[nH+]1. The molecule has 152 valence electrons. The van der Waals surface area contributed by atoms with Crippen LogP contribution in [0, 0.1) is 0 Å². The van der Waals surface area contributed by atoms with Gasteiger partial charge in [-0.3, -0.25) is 14.0 Å². The molecule has 1 aromatic carbocycles. The molecule has 2 rings (SSSR count). The highest BCUT2D eigenvalue weighted by atomic mass is 32.2. The summed E-state index contributed by atoms with van der Waals surface area (Å²) in [6, 6.07) is 12.3. The maximum absolute atomic E-state index is 13.0. The minimum absolute atomic E-state index is 0.0267. The molecule has 0 saturated heterocycles. The van der Waals surface area contributed by atoms with Crippen molar-refractivity contribution in [3.63, 3.8) is 0 Å². The van der Waals surface area contributed by atoms with Gasteiger partial charge >= 0.3 is 0 Å². The maximum Gasteiger partial charge on any atom is 0.274 e. The van der Waals surface area contributed by atoms with Gasteiger partial charge in [0.05, 0.1) is 12.7 Å². The van der Waals surface area contributed by atoms with E-state index in [0.717, 1.165) is 0 Å². The fourth-order valence-corrected chi connectivity index (χ4v) is 4.42. The van der Waals surface area contributed by atoms with Crippen molar-refractivity contribution in [2.75, 3.05) is 42.4 Å². The minimum atomic E-state index is -3.68. The normalized spacial score (nSPS) is 11.1. The number of amides is 1. The van der Waals surface area contributed by atoms with Gasteiger partial charge < -0.3 is 4.90 Å². The maximum atomic E-state index is 13.0. The van der Waals surface area contributed by atoms with Crippen LogP contribution in [-0.2, 0) is 14.8 Å². The van der Waals surface area contributed by atoms with Crippen molar-refractivity contribution in [3.8, 4) is 0 Å². The Labute approximate surface area is 167 Å². The first-order valence-electron chi connectivity index (χ1n) is 9.43. The van der Waals surface area contributed by atoms with E-state index in [1.54, 1.807) is 48.0 Å². The summed E-state index contributed by atoms with van der Waals surface area (Å²) < 4.78 is 27.4. The number of sulfonamides is 1. The summed E-state index contributed by atoms with van der Waals surface area (Å²) in [6.07, 6.45) is 1.47. The Morgan fingerprint density at radius 1 is 0.964 bits per heavy atom. The zero-order valence-electron chi connectivity index (χ0n) is 16.9. The molecule has 1 heterocycles. The summed E-state index contributed by atoms with van der Waals surface area (Å²) in [5, 5.41) is 0. The van der Waals surface area contributed by atoms with Gasteiger partial charge in [0.2, 0.25) is 0 Å². The number of nitrogens with one attached hydrogen (secondary N) is 1. The smallest absolute Gasteiger partial charge is 0.274 e. The molecule has 7 nitrogen and oxygen atoms in total. The molecule has 0 fully saturated rings. The number of hydrogen-bond donors (Lipinski definition) is 0. The Bertz CT molecular complexity index is 866. The van der Waals surface area contributed by atoms with Crippen LogP contribution in [0.5, 0.6) is 0 Å². The van der Waals surface area contributed by atoms with E-state index in [9.17, 15) is 13.2 Å². The van der Waals surface area contributed by atoms with Crippen LogP contribution in [0.3, 0.4) is 0 Å². The number of carbonyl (C=O) groups excluding carboxylic acids is 1. The molecule has 0 saturated carbocycles. The van der Waals surface area contributed by atoms with Crippen LogP contribution < -0.4 is 14.2 Å². The number of nitrogens with zero attached hydrogens (tertiary/aromatic N) is 3. The number of aromatic amines is 1. The summed E-state index contributed by atoms with van der Waals surface area (Å²) in [7, 11) is -1.89. The lowest BCUT2D eigenvalue weighted by Gasteiger charge is -2.22. The summed E-state index contributed by atoms with van der Waals surface area (Å²) in [6.45, 7) is 7.56. The lowest BCUT2D eigenvalue weighted by atomic mass is 10.3. The molecular weight excluding hydrogens is 376 g/mol. The van der Waals surface area contributed by atoms with Crippen molar-refractivity contribution in [3.05, 3.63) is 48.7 Å². The second-order valence-corrected chi connectivity index (χ2v) is 8.20. The number of pyridine rings is 1.